The van der Waals surface area contributed by atoms with Crippen LogP contribution in [0, 0.1) is 177 Å². The van der Waals surface area contributed by atoms with Gasteiger partial charge in [-0.15, -0.1) is 0 Å². The summed E-state index contributed by atoms with van der Waals surface area (Å²) in [6.45, 7) is 17.4. The molecule has 0 aromatic rings. The van der Waals surface area contributed by atoms with Gasteiger partial charge in [0.1, 0.15) is 0 Å². The SMILES string of the molecule is CC(C)(C)C1CC2CCC3CC(C(C)(C)C)CC4C(C5CCC6C(C5)B5C7CCC(C8CCCCC8)CC7N(C7C(C8CCCCC8)CC(C8CCCCC8)CC7C7CCCCC7)C7CC(N(C8CCC(C9CCCCC9)CC8)C8CCC(C9CCCCC9)CC8)CC(C57)N6C5C(C6CCCCC6)CC(C6CCCCC6)CC5C5CCCCC5)CC(C1)C2C34. The molecule has 2 saturated heterocycles. The Morgan fingerprint density at radius 3 is 0.911 bits per heavy atom. The normalized spacial score (nSPS) is 47.2. The van der Waals surface area contributed by atoms with Crippen LogP contribution in [0.4, 0.5) is 0 Å². The molecule has 20 saturated carbocycles. The van der Waals surface area contributed by atoms with Crippen molar-refractivity contribution in [2.75, 3.05) is 0 Å². The van der Waals surface area contributed by atoms with Crippen LogP contribution in [0.1, 0.15) is 504 Å². The number of fused-ring (bicyclic) bond motifs is 4. The Hall–Kier alpha value is -0.0551. The third-order valence-electron chi connectivity index (χ3n) is 48.8. The lowest BCUT2D eigenvalue weighted by Crippen LogP contribution is -2.78. The van der Waals surface area contributed by atoms with E-state index in [1.165, 1.54) is 12.8 Å². The summed E-state index contributed by atoms with van der Waals surface area (Å²) in [5.74, 6) is 30.8. The first kappa shape index (κ1) is 89.2. The lowest BCUT2D eigenvalue weighted by Gasteiger charge is -2.73. The molecular weight excluding hydrogens is 1490 g/mol. The van der Waals surface area contributed by atoms with Crippen LogP contribution in [0.2, 0.25) is 17.5 Å². The van der Waals surface area contributed by atoms with E-state index in [1.54, 1.807) is 449 Å². The Morgan fingerprint density at radius 1 is 0.194 bits per heavy atom. The van der Waals surface area contributed by atoms with E-state index in [0.29, 0.717) is 10.8 Å². The highest BCUT2D eigenvalue weighted by Gasteiger charge is 2.71. The summed E-state index contributed by atoms with van der Waals surface area (Å²) in [5.41, 5.74) is 0.867. The highest BCUT2D eigenvalue weighted by Crippen LogP contribution is 2.72. The van der Waals surface area contributed by atoms with Crippen LogP contribution >= 0.6 is 0 Å². The maximum atomic E-state index is 4.15. The molecule has 0 aromatic heterocycles. The third-order valence-corrected chi connectivity index (χ3v) is 48.8. The second-order valence-electron chi connectivity index (χ2n) is 55.8. The van der Waals surface area contributed by atoms with Crippen LogP contribution in [0.25, 0.3) is 0 Å². The van der Waals surface area contributed by atoms with E-state index in [2.05, 4.69) is 56.2 Å². The Bertz CT molecular complexity index is 3200. The molecule has 0 spiro atoms. The van der Waals surface area contributed by atoms with Gasteiger partial charge in [-0.25, -0.2) is 0 Å². The first-order valence-electron chi connectivity index (χ1n) is 60.1. The molecular formula is C120H202BN3. The molecule has 2 heterocycles. The maximum absolute atomic E-state index is 4.15. The molecule has 4 heteroatoms. The van der Waals surface area contributed by atoms with Crippen LogP contribution < -0.4 is 0 Å². The predicted octanol–water partition coefficient (Wildman–Crippen LogP) is 33.5. The van der Waals surface area contributed by atoms with Gasteiger partial charge in [-0.1, -0.05) is 350 Å². The number of hydrogen-bond donors (Lipinski definition) is 0. The second-order valence-corrected chi connectivity index (χ2v) is 55.8. The van der Waals surface area contributed by atoms with E-state index >= 15 is 0 Å². The van der Waals surface area contributed by atoms with Crippen molar-refractivity contribution < 1.29 is 0 Å². The topological polar surface area (TPSA) is 9.72 Å². The zero-order chi connectivity index (χ0) is 83.3. The zero-order valence-electron chi connectivity index (χ0n) is 82.9. The highest BCUT2D eigenvalue weighted by molar-refractivity contribution is 6.65. The Balaban J connectivity index is 0.744. The average molecular weight is 1700 g/mol. The summed E-state index contributed by atoms with van der Waals surface area (Å²) >= 11 is 0. The van der Waals surface area contributed by atoms with Gasteiger partial charge in [-0.05, 0) is 348 Å². The summed E-state index contributed by atoms with van der Waals surface area (Å²) in [6, 6.07) is 7.47. The van der Waals surface area contributed by atoms with Gasteiger partial charge in [0.2, 0.25) is 0 Å². The quantitative estimate of drug-likeness (QED) is 0.151. The molecule has 20 aliphatic carbocycles. The van der Waals surface area contributed by atoms with Gasteiger partial charge in [0.05, 0.1) is 0 Å². The van der Waals surface area contributed by atoms with Crippen LogP contribution in [0.3, 0.4) is 0 Å². The second kappa shape index (κ2) is 39.2. The summed E-state index contributed by atoms with van der Waals surface area (Å²) in [7, 11) is 0. The Kier molecular flexibility index (Phi) is 28.2. The Labute approximate surface area is 768 Å². The standard InChI is InChI=1S/C120H202BN3/c1-119(2,3)97-66-92-52-53-93-67-98(120(4,5)6)76-107-102(73-96(68-97)114(92)115(93)107)91-59-65-110-109(74-91)121-108-64-58-90(81-38-20-9-21-39-81)75-111(108)124(118-105(88-48-30-14-31-49-88)71-95(83-42-24-11-25-43-83)72-106(118)89-50-32-15-33-51-89)113-78-101(122(99-60-54-84(55-61-99)79-34-16-7-17-35-79)100-62-56-85(57-63-100)80-36-18-8-19-37-80)77-112(116(113)121)123(110)117-103(86-44-26-12-27-45-86)69-94(82-40-22-10-23-41-82)70-104(117)87-46-28-13-29-47-87/h79-118H,7-78H2,1-6H3. The number of hydrogen-bond acceptors (Lipinski definition) is 3. The minimum atomic E-state index is 0.427. The van der Waals surface area contributed by atoms with Crippen LogP contribution in [0.15, 0.2) is 0 Å². The fourth-order valence-electron chi connectivity index (χ4n) is 43.4. The molecule has 22 aliphatic rings. The number of rotatable bonds is 15. The van der Waals surface area contributed by atoms with Gasteiger partial charge in [-0.2, -0.15) is 0 Å². The van der Waals surface area contributed by atoms with E-state index in [0.717, 1.165) is 244 Å². The van der Waals surface area contributed by atoms with Crippen molar-refractivity contribution in [1.82, 2.24) is 14.7 Å². The van der Waals surface area contributed by atoms with E-state index in [9.17, 15) is 0 Å². The van der Waals surface area contributed by atoms with Gasteiger partial charge in [0.15, 0.2) is 6.71 Å². The van der Waals surface area contributed by atoms with Crippen molar-refractivity contribution in [3.8, 4) is 0 Å². The molecule has 700 valence electrons. The maximum Gasteiger partial charge on any atom is 0.156 e. The summed E-state index contributed by atoms with van der Waals surface area (Å²) in [6.07, 6.45) is 114. The van der Waals surface area contributed by atoms with Gasteiger partial charge < -0.3 is 0 Å². The Morgan fingerprint density at radius 2 is 0.508 bits per heavy atom. The van der Waals surface area contributed by atoms with Gasteiger partial charge in [0, 0.05) is 54.4 Å². The summed E-state index contributed by atoms with van der Waals surface area (Å²) in [4.78, 5) is 12.1. The molecule has 0 bridgehead atoms. The molecule has 22 rings (SSSR count). The van der Waals surface area contributed by atoms with Crippen LogP contribution in [-0.2, 0) is 0 Å². The molecule has 124 heavy (non-hydrogen) atoms. The van der Waals surface area contributed by atoms with Crippen molar-refractivity contribution in [2.45, 2.75) is 576 Å². The molecule has 3 nitrogen and oxygen atoms in total. The van der Waals surface area contributed by atoms with Crippen molar-refractivity contribution in [1.29, 1.82) is 0 Å². The largest absolute Gasteiger partial charge is 0.295 e. The molecule has 2 aliphatic heterocycles. The highest BCUT2D eigenvalue weighted by atomic mass is 15.3. The molecule has 22 fully saturated rings. The molecule has 0 radical (unpaired) electrons. The minimum absolute atomic E-state index is 0.427. The fraction of sp³-hybridized carbons (Fsp3) is 1.00. The van der Waals surface area contributed by atoms with Gasteiger partial charge in [0.25, 0.3) is 0 Å². The fourth-order valence-corrected chi connectivity index (χ4v) is 43.4. The van der Waals surface area contributed by atoms with Gasteiger partial charge in [-0.3, -0.25) is 14.7 Å². The van der Waals surface area contributed by atoms with Crippen LogP contribution in [0.5, 0.6) is 0 Å². The van der Waals surface area contributed by atoms with Crippen molar-refractivity contribution in [2.24, 2.45) is 177 Å². The van der Waals surface area contributed by atoms with E-state index in [1.807, 2.05) is 0 Å². The van der Waals surface area contributed by atoms with E-state index in [-0.39, 0.29) is 0 Å². The monoisotopic (exact) mass is 1700 g/mol. The van der Waals surface area contributed by atoms with Crippen molar-refractivity contribution >= 4 is 6.71 Å². The average Bonchev–Trinajstić information content (AvgIpc) is 0.711. The lowest BCUT2D eigenvalue weighted by atomic mass is 9.18. The summed E-state index contributed by atoms with van der Waals surface area (Å²) in [5, 5.41) is 0. The minimum Gasteiger partial charge on any atom is -0.295 e. The first-order chi connectivity index (χ1) is 60.8. The predicted molar refractivity (Wildman–Crippen MR) is 526 cm³/mol. The van der Waals surface area contributed by atoms with E-state index in [4.69, 9.17) is 0 Å². The molecule has 23 unspecified atom stereocenters. The summed E-state index contributed by atoms with van der Waals surface area (Å²) < 4.78 is 0. The van der Waals surface area contributed by atoms with Gasteiger partial charge >= 0.3 is 0 Å². The molecule has 0 N–H and O–H groups in total. The first-order valence-corrected chi connectivity index (χ1v) is 60.1. The van der Waals surface area contributed by atoms with E-state index < -0.39 is 0 Å². The number of nitrogens with zero attached hydrogens (tertiary/aromatic N) is 3. The van der Waals surface area contributed by atoms with Crippen molar-refractivity contribution in [3.05, 3.63) is 0 Å². The molecule has 0 aromatic carbocycles. The van der Waals surface area contributed by atoms with Crippen molar-refractivity contribution in [3.63, 3.8) is 0 Å². The molecule has 23 atom stereocenters. The third kappa shape index (κ3) is 18.0. The lowest BCUT2D eigenvalue weighted by molar-refractivity contribution is -0.159. The van der Waals surface area contributed by atoms with Crippen LogP contribution in [-0.4, -0.2) is 75.8 Å². The zero-order valence-corrected chi connectivity index (χ0v) is 82.9. The molecule has 0 amide bonds. The smallest absolute Gasteiger partial charge is 0.156 e.